The fourth-order valence-corrected chi connectivity index (χ4v) is 2.00. The van der Waals surface area contributed by atoms with Crippen molar-refractivity contribution in [2.75, 3.05) is 7.11 Å². The average Bonchev–Trinajstić information content (AvgIpc) is 2.41. The molecule has 0 saturated heterocycles. The molecule has 2 aromatic rings. The highest BCUT2D eigenvalue weighted by atomic mass is 35.5. The molecular formula is C15H12ClFO3. The minimum absolute atomic E-state index is 0.127. The van der Waals surface area contributed by atoms with E-state index >= 15 is 0 Å². The van der Waals surface area contributed by atoms with Crippen molar-refractivity contribution >= 4 is 17.4 Å². The highest BCUT2D eigenvalue weighted by molar-refractivity contribution is 6.32. The molecule has 0 heterocycles. The van der Waals surface area contributed by atoms with Crippen LogP contribution in [0.2, 0.25) is 5.02 Å². The van der Waals surface area contributed by atoms with Crippen LogP contribution in [0, 0.1) is 5.82 Å². The van der Waals surface area contributed by atoms with Crippen molar-refractivity contribution in [3.05, 3.63) is 52.8 Å². The molecule has 0 aliphatic heterocycles. The van der Waals surface area contributed by atoms with Crippen LogP contribution in [0.25, 0.3) is 0 Å². The number of halogens is 2. The van der Waals surface area contributed by atoms with E-state index in [0.29, 0.717) is 17.1 Å². The minimum atomic E-state index is -0.459. The van der Waals surface area contributed by atoms with Gasteiger partial charge in [-0.15, -0.1) is 0 Å². The van der Waals surface area contributed by atoms with Crippen molar-refractivity contribution in [3.8, 4) is 17.2 Å². The molecule has 0 saturated carbocycles. The van der Waals surface area contributed by atoms with Crippen LogP contribution < -0.4 is 9.47 Å². The van der Waals surface area contributed by atoms with Gasteiger partial charge in [-0.1, -0.05) is 17.7 Å². The molecule has 0 amide bonds. The third-order valence-corrected chi connectivity index (χ3v) is 2.97. The van der Waals surface area contributed by atoms with Crippen molar-refractivity contribution in [3.63, 3.8) is 0 Å². The lowest BCUT2D eigenvalue weighted by atomic mass is 10.1. The van der Waals surface area contributed by atoms with E-state index in [1.807, 2.05) is 0 Å². The molecule has 20 heavy (non-hydrogen) atoms. The van der Waals surface area contributed by atoms with E-state index in [-0.39, 0.29) is 16.6 Å². The maximum absolute atomic E-state index is 13.0. The zero-order chi connectivity index (χ0) is 14.7. The number of carbonyl (C=O) groups excluding carboxylic acids is 1. The molecule has 0 fully saturated rings. The van der Waals surface area contributed by atoms with E-state index in [1.54, 1.807) is 18.2 Å². The lowest BCUT2D eigenvalue weighted by Gasteiger charge is -2.13. The molecule has 0 radical (unpaired) electrons. The molecule has 2 aromatic carbocycles. The van der Waals surface area contributed by atoms with Gasteiger partial charge < -0.3 is 9.47 Å². The van der Waals surface area contributed by atoms with E-state index < -0.39 is 5.82 Å². The van der Waals surface area contributed by atoms with E-state index in [4.69, 9.17) is 21.1 Å². The lowest BCUT2D eigenvalue weighted by Crippen LogP contribution is -2.01. The maximum Gasteiger partial charge on any atom is 0.167 e. The molecule has 0 aliphatic carbocycles. The molecule has 0 aromatic heterocycles. The topological polar surface area (TPSA) is 35.5 Å². The zero-order valence-corrected chi connectivity index (χ0v) is 11.7. The largest absolute Gasteiger partial charge is 0.496 e. The number of Topliss-reactive ketones (excluding diaryl/α,β-unsaturated/α-hetero) is 1. The van der Waals surface area contributed by atoms with E-state index in [9.17, 15) is 9.18 Å². The molecule has 5 heteroatoms. The van der Waals surface area contributed by atoms with Gasteiger partial charge in [0.25, 0.3) is 0 Å². The first-order valence-corrected chi connectivity index (χ1v) is 6.21. The molecule has 3 nitrogen and oxygen atoms in total. The van der Waals surface area contributed by atoms with Crippen LogP contribution >= 0.6 is 11.6 Å². The van der Waals surface area contributed by atoms with Crippen LogP contribution in [0.5, 0.6) is 17.2 Å². The van der Waals surface area contributed by atoms with Gasteiger partial charge in [0, 0.05) is 0 Å². The monoisotopic (exact) mass is 294 g/mol. The van der Waals surface area contributed by atoms with Crippen molar-refractivity contribution < 1.29 is 18.7 Å². The molecule has 104 valence electrons. The highest BCUT2D eigenvalue weighted by Crippen LogP contribution is 2.35. The Labute approximate surface area is 120 Å². The van der Waals surface area contributed by atoms with Crippen LogP contribution in [0.4, 0.5) is 4.39 Å². The van der Waals surface area contributed by atoms with Crippen molar-refractivity contribution in [2.45, 2.75) is 6.92 Å². The second kappa shape index (κ2) is 5.92. The van der Waals surface area contributed by atoms with Gasteiger partial charge in [-0.2, -0.15) is 0 Å². The van der Waals surface area contributed by atoms with Crippen LogP contribution in [0.1, 0.15) is 17.3 Å². The molecule has 0 unspecified atom stereocenters. The normalized spacial score (nSPS) is 10.2. The lowest BCUT2D eigenvalue weighted by molar-refractivity contribution is 0.101. The molecule has 0 bridgehead atoms. The Balaban J connectivity index is 2.45. The molecule has 0 atom stereocenters. The summed E-state index contributed by atoms with van der Waals surface area (Å²) in [7, 11) is 1.47. The number of rotatable bonds is 4. The number of hydrogen-bond donors (Lipinski definition) is 0. The van der Waals surface area contributed by atoms with Gasteiger partial charge >= 0.3 is 0 Å². The number of methoxy groups -OCH3 is 1. The summed E-state index contributed by atoms with van der Waals surface area (Å²) in [5.74, 6) is 0.331. The Kier molecular flexibility index (Phi) is 4.25. The third kappa shape index (κ3) is 2.91. The SMILES string of the molecule is COc1cccc(Oc2ccc(F)cc2Cl)c1C(C)=O. The predicted molar refractivity (Wildman–Crippen MR) is 74.5 cm³/mol. The van der Waals surface area contributed by atoms with Gasteiger partial charge in [-0.25, -0.2) is 4.39 Å². The number of hydrogen-bond acceptors (Lipinski definition) is 3. The predicted octanol–water partition coefficient (Wildman–Crippen LogP) is 4.48. The van der Waals surface area contributed by atoms with Gasteiger partial charge in [-0.05, 0) is 37.3 Å². The first-order chi connectivity index (χ1) is 9.52. The first-order valence-electron chi connectivity index (χ1n) is 5.83. The second-order valence-corrected chi connectivity index (χ2v) is 4.47. The third-order valence-electron chi connectivity index (χ3n) is 2.67. The summed E-state index contributed by atoms with van der Waals surface area (Å²) < 4.78 is 23.7. The standard InChI is InChI=1S/C15H12ClFO3/c1-9(18)15-13(19-2)4-3-5-14(15)20-12-7-6-10(17)8-11(12)16/h3-8H,1-2H3. The molecule has 0 spiro atoms. The average molecular weight is 295 g/mol. The van der Waals surface area contributed by atoms with Crippen LogP contribution in [0.3, 0.4) is 0 Å². The fraction of sp³-hybridized carbons (Fsp3) is 0.133. The number of ketones is 1. The zero-order valence-electron chi connectivity index (χ0n) is 10.9. The fourth-order valence-electron chi connectivity index (χ4n) is 1.79. The molecular weight excluding hydrogens is 283 g/mol. The smallest absolute Gasteiger partial charge is 0.167 e. The van der Waals surface area contributed by atoms with Crippen molar-refractivity contribution in [1.29, 1.82) is 0 Å². The first kappa shape index (κ1) is 14.3. The van der Waals surface area contributed by atoms with Gasteiger partial charge in [0.05, 0.1) is 12.1 Å². The van der Waals surface area contributed by atoms with Crippen LogP contribution in [0.15, 0.2) is 36.4 Å². The van der Waals surface area contributed by atoms with Gasteiger partial charge in [0.15, 0.2) is 5.78 Å². The quantitative estimate of drug-likeness (QED) is 0.780. The highest BCUT2D eigenvalue weighted by Gasteiger charge is 2.16. The van der Waals surface area contributed by atoms with Crippen LogP contribution in [-0.4, -0.2) is 12.9 Å². The Hall–Kier alpha value is -2.07. The summed E-state index contributed by atoms with van der Waals surface area (Å²) in [4.78, 5) is 11.7. The van der Waals surface area contributed by atoms with Gasteiger partial charge in [0.2, 0.25) is 0 Å². The summed E-state index contributed by atoms with van der Waals surface area (Å²) >= 11 is 5.90. The Bertz CT molecular complexity index is 656. The minimum Gasteiger partial charge on any atom is -0.496 e. The molecule has 0 N–H and O–H groups in total. The van der Waals surface area contributed by atoms with Crippen molar-refractivity contribution in [2.24, 2.45) is 0 Å². The van der Waals surface area contributed by atoms with Crippen molar-refractivity contribution in [1.82, 2.24) is 0 Å². The molecule has 0 aliphatic rings. The second-order valence-electron chi connectivity index (χ2n) is 4.07. The van der Waals surface area contributed by atoms with Gasteiger partial charge in [0.1, 0.15) is 28.6 Å². The van der Waals surface area contributed by atoms with E-state index in [0.717, 1.165) is 6.07 Å². The number of benzene rings is 2. The molecule has 2 rings (SSSR count). The number of carbonyl (C=O) groups is 1. The van der Waals surface area contributed by atoms with E-state index in [2.05, 4.69) is 0 Å². The number of ether oxygens (including phenoxy) is 2. The summed E-state index contributed by atoms with van der Waals surface area (Å²) in [6.07, 6.45) is 0. The van der Waals surface area contributed by atoms with Crippen LogP contribution in [-0.2, 0) is 0 Å². The Morgan fingerprint density at radius 2 is 1.85 bits per heavy atom. The van der Waals surface area contributed by atoms with Gasteiger partial charge in [-0.3, -0.25) is 4.79 Å². The summed E-state index contributed by atoms with van der Waals surface area (Å²) in [5.41, 5.74) is 0.315. The summed E-state index contributed by atoms with van der Waals surface area (Å²) in [5, 5.41) is 0.127. The van der Waals surface area contributed by atoms with E-state index in [1.165, 1.54) is 26.2 Å². The Morgan fingerprint density at radius 3 is 2.45 bits per heavy atom. The summed E-state index contributed by atoms with van der Waals surface area (Å²) in [6, 6.07) is 8.76. The maximum atomic E-state index is 13.0. The summed E-state index contributed by atoms with van der Waals surface area (Å²) in [6.45, 7) is 1.41. The Morgan fingerprint density at radius 1 is 1.15 bits per heavy atom.